The van der Waals surface area contributed by atoms with Gasteiger partial charge in [0.2, 0.25) is 0 Å². The molecule has 0 atom stereocenters. The number of hydrogen-bond donors (Lipinski definition) is 0. The largest absolute Gasteiger partial charge is 0.502 e. The van der Waals surface area contributed by atoms with Crippen LogP contribution in [0.1, 0.15) is 46.0 Å². The van der Waals surface area contributed by atoms with Gasteiger partial charge in [-0.25, -0.2) is 0 Å². The molecule has 0 N–H and O–H groups in total. The third-order valence-electron chi connectivity index (χ3n) is 1.88. The fraction of sp³-hybridized carbons (Fsp3) is 0.833. The van der Waals surface area contributed by atoms with Crippen LogP contribution >= 0.6 is 0 Å². The van der Waals surface area contributed by atoms with E-state index in [1.165, 1.54) is 12.8 Å². The van der Waals surface area contributed by atoms with Crippen molar-refractivity contribution >= 4 is 0 Å². The fourth-order valence-corrected chi connectivity index (χ4v) is 0.932. The van der Waals surface area contributed by atoms with E-state index in [2.05, 4.69) is 13.8 Å². The Hall–Kier alpha value is -0.500. The van der Waals surface area contributed by atoms with Gasteiger partial charge in [-0.3, -0.25) is 0 Å². The molecule has 0 unspecified atom stereocenters. The lowest BCUT2D eigenvalue weighted by Gasteiger charge is -2.00. The van der Waals surface area contributed by atoms with E-state index >= 15 is 0 Å². The van der Waals surface area contributed by atoms with Crippen LogP contribution in [0.3, 0.4) is 0 Å². The summed E-state index contributed by atoms with van der Waals surface area (Å²) in [5, 5.41) is 0. The first-order chi connectivity index (χ1) is 6.91. The summed E-state index contributed by atoms with van der Waals surface area (Å²) in [6, 6.07) is 0. The van der Waals surface area contributed by atoms with Crippen LogP contribution in [-0.2, 0) is 9.47 Å². The molecule has 84 valence electrons. The van der Waals surface area contributed by atoms with Gasteiger partial charge in [0, 0.05) is 6.61 Å². The zero-order valence-electron chi connectivity index (χ0n) is 9.63. The Morgan fingerprint density at radius 1 is 0.929 bits per heavy atom. The molecule has 0 aliphatic heterocycles. The molecule has 0 aromatic rings. The summed E-state index contributed by atoms with van der Waals surface area (Å²) in [7, 11) is 0. The molecule has 0 aromatic carbocycles. The average molecular weight is 200 g/mol. The molecule has 0 aliphatic rings. The molecule has 0 saturated carbocycles. The third kappa shape index (κ3) is 11.5. The van der Waals surface area contributed by atoms with E-state index in [1.807, 2.05) is 6.08 Å². The van der Waals surface area contributed by atoms with Crippen LogP contribution in [0, 0.1) is 0 Å². The summed E-state index contributed by atoms with van der Waals surface area (Å²) < 4.78 is 10.7. The van der Waals surface area contributed by atoms with E-state index in [-0.39, 0.29) is 0 Å². The molecular weight excluding hydrogens is 176 g/mol. The summed E-state index contributed by atoms with van der Waals surface area (Å²) in [5.41, 5.74) is 0. The first-order valence-corrected chi connectivity index (χ1v) is 5.76. The third-order valence-corrected chi connectivity index (χ3v) is 1.88. The van der Waals surface area contributed by atoms with Crippen molar-refractivity contribution in [3.05, 3.63) is 12.3 Å². The maximum Gasteiger partial charge on any atom is 0.0873 e. The highest BCUT2D eigenvalue weighted by molar-refractivity contribution is 4.72. The van der Waals surface area contributed by atoms with Gasteiger partial charge in [0.05, 0.1) is 19.5 Å². The monoisotopic (exact) mass is 200 g/mol. The molecule has 0 bridgehead atoms. The zero-order valence-corrected chi connectivity index (χ0v) is 9.63. The number of unbranched alkanes of at least 4 members (excludes halogenated alkanes) is 2. The molecule has 0 rings (SSSR count). The van der Waals surface area contributed by atoms with Gasteiger partial charge in [-0.05, 0) is 25.3 Å². The minimum Gasteiger partial charge on any atom is -0.502 e. The van der Waals surface area contributed by atoms with Gasteiger partial charge in [-0.1, -0.05) is 26.7 Å². The van der Waals surface area contributed by atoms with Crippen LogP contribution in [-0.4, -0.2) is 19.8 Å². The van der Waals surface area contributed by atoms with Crippen molar-refractivity contribution in [2.75, 3.05) is 19.8 Å². The summed E-state index contributed by atoms with van der Waals surface area (Å²) in [6.45, 7) is 6.87. The lowest BCUT2D eigenvalue weighted by Crippen LogP contribution is -1.95. The second-order valence-electron chi connectivity index (χ2n) is 3.35. The Labute approximate surface area is 88.3 Å². The minimum absolute atomic E-state index is 0.813. The van der Waals surface area contributed by atoms with E-state index in [9.17, 15) is 0 Å². The number of rotatable bonds is 10. The molecule has 0 heterocycles. The second kappa shape index (κ2) is 12.5. The predicted octanol–water partition coefficient (Wildman–Crippen LogP) is 3.52. The smallest absolute Gasteiger partial charge is 0.0873 e. The Morgan fingerprint density at radius 2 is 1.64 bits per heavy atom. The fourth-order valence-electron chi connectivity index (χ4n) is 0.932. The first kappa shape index (κ1) is 13.5. The Balaban J connectivity index is 2.96. The van der Waals surface area contributed by atoms with Gasteiger partial charge in [0.1, 0.15) is 0 Å². The van der Waals surface area contributed by atoms with Crippen LogP contribution in [0.2, 0.25) is 0 Å². The van der Waals surface area contributed by atoms with Crippen molar-refractivity contribution in [3.8, 4) is 0 Å². The van der Waals surface area contributed by atoms with Gasteiger partial charge < -0.3 is 9.47 Å². The highest BCUT2D eigenvalue weighted by atomic mass is 16.5. The minimum atomic E-state index is 0.813. The Kier molecular flexibility index (Phi) is 12.1. The van der Waals surface area contributed by atoms with E-state index in [1.54, 1.807) is 6.26 Å². The van der Waals surface area contributed by atoms with Crippen LogP contribution in [0.5, 0.6) is 0 Å². The van der Waals surface area contributed by atoms with Gasteiger partial charge in [0.15, 0.2) is 0 Å². The van der Waals surface area contributed by atoms with Crippen molar-refractivity contribution in [2.24, 2.45) is 0 Å². The molecule has 0 spiro atoms. The van der Waals surface area contributed by atoms with E-state index in [0.29, 0.717) is 0 Å². The summed E-state index contributed by atoms with van der Waals surface area (Å²) in [4.78, 5) is 0. The van der Waals surface area contributed by atoms with Crippen LogP contribution in [0.25, 0.3) is 0 Å². The molecule has 0 aliphatic carbocycles. The normalized spacial score (nSPS) is 11.0. The van der Waals surface area contributed by atoms with E-state index < -0.39 is 0 Å². The van der Waals surface area contributed by atoms with Gasteiger partial charge >= 0.3 is 0 Å². The maximum atomic E-state index is 5.39. The van der Waals surface area contributed by atoms with Gasteiger partial charge in [-0.15, -0.1) is 0 Å². The highest BCUT2D eigenvalue weighted by Crippen LogP contribution is 1.92. The molecule has 2 nitrogen and oxygen atoms in total. The lowest BCUT2D eigenvalue weighted by atomic mass is 10.3. The SMILES string of the molecule is CCCCOC=CCCOCCCC. The topological polar surface area (TPSA) is 18.5 Å². The first-order valence-electron chi connectivity index (χ1n) is 5.76. The van der Waals surface area contributed by atoms with Crippen molar-refractivity contribution in [1.82, 2.24) is 0 Å². The summed E-state index contributed by atoms with van der Waals surface area (Å²) in [6.07, 6.45) is 9.47. The molecule has 2 heteroatoms. The predicted molar refractivity (Wildman–Crippen MR) is 60.3 cm³/mol. The summed E-state index contributed by atoms with van der Waals surface area (Å²) >= 11 is 0. The van der Waals surface area contributed by atoms with E-state index in [0.717, 1.165) is 39.1 Å². The van der Waals surface area contributed by atoms with E-state index in [4.69, 9.17) is 9.47 Å². The van der Waals surface area contributed by atoms with Crippen LogP contribution in [0.4, 0.5) is 0 Å². The number of hydrogen-bond acceptors (Lipinski definition) is 2. The summed E-state index contributed by atoms with van der Waals surface area (Å²) in [5.74, 6) is 0. The highest BCUT2D eigenvalue weighted by Gasteiger charge is 1.85. The van der Waals surface area contributed by atoms with Crippen molar-refractivity contribution in [3.63, 3.8) is 0 Å². The molecule has 0 fully saturated rings. The molecule has 0 aromatic heterocycles. The standard InChI is InChI=1S/C12H24O2/c1-3-5-9-13-11-7-8-12-14-10-6-4-2/h7,11H,3-6,8-10,12H2,1-2H3. The average Bonchev–Trinajstić information content (AvgIpc) is 2.21. The van der Waals surface area contributed by atoms with Crippen molar-refractivity contribution < 1.29 is 9.47 Å². The molecule has 0 saturated heterocycles. The van der Waals surface area contributed by atoms with Crippen LogP contribution in [0.15, 0.2) is 12.3 Å². The van der Waals surface area contributed by atoms with Crippen LogP contribution < -0.4 is 0 Å². The second-order valence-corrected chi connectivity index (χ2v) is 3.35. The Bertz CT molecular complexity index is 121. The molecule has 0 amide bonds. The molecule has 14 heavy (non-hydrogen) atoms. The van der Waals surface area contributed by atoms with Gasteiger partial charge in [0.25, 0.3) is 0 Å². The quantitative estimate of drug-likeness (QED) is 0.397. The molecule has 0 radical (unpaired) electrons. The number of ether oxygens (including phenoxy) is 2. The zero-order chi connectivity index (χ0) is 10.5. The lowest BCUT2D eigenvalue weighted by molar-refractivity contribution is 0.135. The van der Waals surface area contributed by atoms with Crippen molar-refractivity contribution in [1.29, 1.82) is 0 Å². The van der Waals surface area contributed by atoms with Gasteiger partial charge in [-0.2, -0.15) is 0 Å². The maximum absolute atomic E-state index is 5.39. The Morgan fingerprint density at radius 3 is 2.36 bits per heavy atom. The molecular formula is C12H24O2. The van der Waals surface area contributed by atoms with Crippen molar-refractivity contribution in [2.45, 2.75) is 46.0 Å².